The van der Waals surface area contributed by atoms with Crippen LogP contribution < -0.4 is 0 Å². The molecule has 18 aliphatic rings. The van der Waals surface area contributed by atoms with E-state index in [4.69, 9.17) is 0 Å². The topological polar surface area (TPSA) is 0 Å². The Morgan fingerprint density at radius 1 is 0.173 bits per heavy atom. The first-order valence-corrected chi connectivity index (χ1v) is 32.4. The van der Waals surface area contributed by atoms with E-state index in [0.717, 1.165) is 91.2 Å². The molecule has 0 nitrogen and oxygen atoms in total. The Bertz CT molecular complexity index is 1430. The van der Waals surface area contributed by atoms with Crippen molar-refractivity contribution in [3.05, 3.63) is 0 Å². The highest BCUT2D eigenvalue weighted by atomic mass is 14.5. The van der Waals surface area contributed by atoms with Gasteiger partial charge in [0.25, 0.3) is 0 Å². The van der Waals surface area contributed by atoms with E-state index < -0.39 is 0 Å². The first kappa shape index (κ1) is 71.1. The van der Waals surface area contributed by atoms with Gasteiger partial charge in [0, 0.05) is 0 Å². The summed E-state index contributed by atoms with van der Waals surface area (Å²) in [7, 11) is 0. The van der Waals surface area contributed by atoms with Crippen molar-refractivity contribution >= 4 is 0 Å². The molecule has 0 aromatic carbocycles. The van der Waals surface area contributed by atoms with Crippen LogP contribution in [0.15, 0.2) is 0 Å². The average molecular weight is 1050 g/mol. The lowest BCUT2D eigenvalue weighted by atomic mass is 9.50. The van der Waals surface area contributed by atoms with E-state index in [1.807, 2.05) is 0 Å². The molecule has 2 atom stereocenters. The highest BCUT2D eigenvalue weighted by molar-refractivity contribution is 4.99. The molecule has 0 spiro atoms. The minimum Gasteiger partial charge on any atom is -0.0776 e. The monoisotopic (exact) mass is 1050 g/mol. The summed E-state index contributed by atoms with van der Waals surface area (Å²) in [5.41, 5.74) is 5.50. The summed E-state index contributed by atoms with van der Waals surface area (Å²) < 4.78 is 0. The Morgan fingerprint density at radius 3 is 0.613 bits per heavy atom. The van der Waals surface area contributed by atoms with Gasteiger partial charge in [-0.2, -0.15) is 0 Å². The van der Waals surface area contributed by atoms with Gasteiger partial charge >= 0.3 is 0 Å². The molecule has 0 heterocycles. The van der Waals surface area contributed by atoms with Gasteiger partial charge in [0.15, 0.2) is 0 Å². The molecule has 0 aliphatic heterocycles. The summed E-state index contributed by atoms with van der Waals surface area (Å²) in [5, 5.41) is 0. The molecule has 0 saturated heterocycles. The second-order valence-electron chi connectivity index (χ2n) is 32.6. The van der Waals surface area contributed by atoms with Crippen LogP contribution in [0, 0.1) is 91.2 Å². The SMILES string of the molecule is C.C.C.C.C.C.C.CC12CC3CC(CC(C3)C1)C2.CC12CCC(CC1)C2.CC12CCC(CC1)CC2.CC12CCCC(CC1)C2.CC12CCCC(CC1)CC2.CC12CCCC(CCC1)C2.CC12CCCC(CCC1)CC2. The van der Waals surface area contributed by atoms with E-state index in [1.165, 1.54) is 231 Å². The van der Waals surface area contributed by atoms with Gasteiger partial charge in [-0.25, -0.2) is 0 Å². The summed E-state index contributed by atoms with van der Waals surface area (Å²) in [6.45, 7) is 17.5. The maximum absolute atomic E-state index is 2.54. The van der Waals surface area contributed by atoms with Crippen LogP contribution in [0.5, 0.6) is 0 Å². The zero-order valence-corrected chi connectivity index (χ0v) is 47.5. The zero-order valence-electron chi connectivity index (χ0n) is 47.5. The van der Waals surface area contributed by atoms with Crippen molar-refractivity contribution in [1.82, 2.24) is 0 Å². The van der Waals surface area contributed by atoms with Gasteiger partial charge in [-0.05, 0) is 303 Å². The van der Waals surface area contributed by atoms with Crippen LogP contribution in [-0.2, 0) is 0 Å². The van der Waals surface area contributed by atoms with E-state index in [-0.39, 0.29) is 52.0 Å². The van der Waals surface area contributed by atoms with E-state index in [1.54, 1.807) is 57.8 Å². The molecule has 0 radical (unpaired) electrons. The van der Waals surface area contributed by atoms with Crippen LogP contribution in [0.25, 0.3) is 0 Å². The predicted molar refractivity (Wildman–Crippen MR) is 343 cm³/mol. The predicted octanol–water partition coefficient (Wildman–Crippen LogP) is 26.7. The Morgan fingerprint density at radius 2 is 0.347 bits per heavy atom. The second-order valence-corrected chi connectivity index (χ2v) is 32.6. The van der Waals surface area contributed by atoms with Crippen molar-refractivity contribution in [2.75, 3.05) is 0 Å². The Balaban J connectivity index is 0.000000295. The fraction of sp³-hybridized carbons (Fsp3) is 1.00. The molecule has 0 aromatic rings. The molecule has 18 aliphatic carbocycles. The summed E-state index contributed by atoms with van der Waals surface area (Å²) in [6, 6.07) is 0. The van der Waals surface area contributed by atoms with E-state index in [2.05, 4.69) is 48.5 Å². The number of rotatable bonds is 0. The van der Waals surface area contributed by atoms with Crippen LogP contribution in [0.2, 0.25) is 0 Å². The molecular formula is C75H148. The van der Waals surface area contributed by atoms with Gasteiger partial charge in [0.2, 0.25) is 0 Å². The standard InChI is InChI=1S/C11H18.C11H20.2C10H18.2C9H16.C8H14.7CH4/c1-11-5-8-2-9(6-11)4-10(3-8)7-11;1-11-7-2-4-10(6-9-11)5-3-8-11;1-10-6-2-4-9(8-10)5-3-7-10;1-10-6-2-3-9(4-7-10)5-8-10;1-9-5-2-8(3-6-9)4-7-9;1-9-5-2-3-8(7-9)4-6-9;1-8-4-2-7(6-8)3-5-8;;;;;;;/h8-10H,2-7H2,1H3;10H,2-9H2,1H3;2*9H,2-8H2,1H3;2*8H,2-7H2,1H3;7H,2-6H2,1H3;7*1H4. The Hall–Kier alpha value is 0. The molecule has 2 unspecified atom stereocenters. The van der Waals surface area contributed by atoms with Gasteiger partial charge in [-0.1, -0.05) is 178 Å². The van der Waals surface area contributed by atoms with E-state index >= 15 is 0 Å². The van der Waals surface area contributed by atoms with Crippen molar-refractivity contribution in [3.8, 4) is 0 Å². The number of fused-ring (bicyclic) bond motifs is 16. The van der Waals surface area contributed by atoms with Crippen molar-refractivity contribution in [2.45, 2.75) is 389 Å². The molecule has 0 amide bonds. The molecule has 0 aromatic heterocycles. The van der Waals surface area contributed by atoms with Gasteiger partial charge in [-0.15, -0.1) is 0 Å². The lowest BCUT2D eigenvalue weighted by Gasteiger charge is -2.55. The molecule has 0 heteroatoms. The largest absolute Gasteiger partial charge is 0.0776 e. The second kappa shape index (κ2) is 30.3. The molecule has 448 valence electrons. The van der Waals surface area contributed by atoms with Crippen LogP contribution in [0.3, 0.4) is 0 Å². The first-order valence-electron chi connectivity index (χ1n) is 32.4. The highest BCUT2D eigenvalue weighted by Gasteiger charge is 2.48. The van der Waals surface area contributed by atoms with Gasteiger partial charge in [0.1, 0.15) is 0 Å². The third-order valence-corrected chi connectivity index (χ3v) is 25.5. The first-order chi connectivity index (χ1) is 32.4. The quantitative estimate of drug-likeness (QED) is 0.227. The van der Waals surface area contributed by atoms with Crippen LogP contribution in [0.1, 0.15) is 389 Å². The van der Waals surface area contributed by atoms with Gasteiger partial charge in [0.05, 0.1) is 0 Å². The maximum Gasteiger partial charge on any atom is -0.0318 e. The smallest absolute Gasteiger partial charge is 0.0318 e. The van der Waals surface area contributed by atoms with Crippen LogP contribution in [0.4, 0.5) is 0 Å². The van der Waals surface area contributed by atoms with Crippen molar-refractivity contribution in [1.29, 1.82) is 0 Å². The van der Waals surface area contributed by atoms with Crippen molar-refractivity contribution in [3.63, 3.8) is 0 Å². The Kier molecular flexibility index (Phi) is 28.8. The molecule has 75 heavy (non-hydrogen) atoms. The minimum atomic E-state index is 0. The zero-order chi connectivity index (χ0) is 47.5. The summed E-state index contributed by atoms with van der Waals surface area (Å²) in [5.74, 6) is 10.2. The van der Waals surface area contributed by atoms with Gasteiger partial charge < -0.3 is 0 Å². The fourth-order valence-electron chi connectivity index (χ4n) is 21.0. The lowest BCUT2D eigenvalue weighted by molar-refractivity contribution is -0.0411. The molecule has 16 bridgehead atoms. The third kappa shape index (κ3) is 20.1. The van der Waals surface area contributed by atoms with Gasteiger partial charge in [-0.3, -0.25) is 0 Å². The molecule has 0 N–H and O–H groups in total. The van der Waals surface area contributed by atoms with Crippen LogP contribution >= 0.6 is 0 Å². The van der Waals surface area contributed by atoms with Crippen molar-refractivity contribution < 1.29 is 0 Å². The normalized spacial score (nSPS) is 45.6. The fourth-order valence-corrected chi connectivity index (χ4v) is 21.0. The number of hydrogen-bond acceptors (Lipinski definition) is 0. The summed E-state index contributed by atoms with van der Waals surface area (Å²) >= 11 is 0. The molecular weight excluding hydrogens is 901 g/mol. The molecule has 18 rings (SSSR count). The average Bonchev–Trinajstić information content (AvgIpc) is 3.69. The molecule has 18 fully saturated rings. The molecule has 18 saturated carbocycles. The van der Waals surface area contributed by atoms with E-state index in [0.29, 0.717) is 0 Å². The summed E-state index contributed by atoms with van der Waals surface area (Å²) in [4.78, 5) is 0. The highest BCUT2D eigenvalue weighted by Crippen LogP contribution is 2.60. The van der Waals surface area contributed by atoms with Crippen molar-refractivity contribution in [2.24, 2.45) is 91.2 Å². The number of hydrogen-bond donors (Lipinski definition) is 0. The van der Waals surface area contributed by atoms with E-state index in [9.17, 15) is 0 Å². The third-order valence-electron chi connectivity index (χ3n) is 25.5. The Labute approximate surface area is 478 Å². The van der Waals surface area contributed by atoms with Crippen LogP contribution in [-0.4, -0.2) is 0 Å². The lowest BCUT2D eigenvalue weighted by Crippen LogP contribution is -2.44. The maximum atomic E-state index is 2.54. The summed E-state index contributed by atoms with van der Waals surface area (Å²) in [6.07, 6.45) is 69.1. The minimum absolute atomic E-state index is 0.